The summed E-state index contributed by atoms with van der Waals surface area (Å²) in [6.07, 6.45) is 3.93. The highest BCUT2D eigenvalue weighted by Crippen LogP contribution is 2.19. The molecule has 0 radical (unpaired) electrons. The highest BCUT2D eigenvalue weighted by molar-refractivity contribution is 6.03. The van der Waals surface area contributed by atoms with Gasteiger partial charge in [0.1, 0.15) is 18.1 Å². The molecule has 0 bridgehead atoms. The molecule has 30 heavy (non-hydrogen) atoms. The minimum atomic E-state index is -1.09. The van der Waals surface area contributed by atoms with Crippen molar-refractivity contribution in [1.29, 1.82) is 0 Å². The summed E-state index contributed by atoms with van der Waals surface area (Å²) in [5.74, 6) is -2.22. The van der Waals surface area contributed by atoms with Crippen molar-refractivity contribution in [2.24, 2.45) is 5.73 Å². The van der Waals surface area contributed by atoms with Crippen molar-refractivity contribution in [3.8, 4) is 0 Å². The summed E-state index contributed by atoms with van der Waals surface area (Å²) in [6.45, 7) is 0.352. The zero-order valence-corrected chi connectivity index (χ0v) is 16.4. The Balaban J connectivity index is 0.00000320. The summed E-state index contributed by atoms with van der Waals surface area (Å²) >= 11 is 0. The Morgan fingerprint density at radius 3 is 2.70 bits per heavy atom. The SMILES string of the molecule is CN1C(=O)CC(C(=O)N[C@@H](Cc2cnc[nH]2)C(=O)N2CCCC2C(N)=O)NC1=O.O. The summed E-state index contributed by atoms with van der Waals surface area (Å²) in [5.41, 5.74) is 6.00. The Kier molecular flexibility index (Phi) is 7.10. The Hall–Kier alpha value is -3.48. The molecule has 13 nitrogen and oxygen atoms in total. The van der Waals surface area contributed by atoms with Crippen LogP contribution in [0.4, 0.5) is 4.79 Å². The van der Waals surface area contributed by atoms with E-state index in [-0.39, 0.29) is 18.3 Å². The minimum absolute atomic E-state index is 0. The maximum atomic E-state index is 13.1. The number of H-pyrrole nitrogens is 1. The van der Waals surface area contributed by atoms with Gasteiger partial charge in [-0.15, -0.1) is 0 Å². The number of aromatic nitrogens is 2. The standard InChI is InChI=1S/C17H23N7O5.H2O/c1-23-13(25)6-10(22-17(23)29)15(27)21-11(5-9-7-19-8-20-9)16(28)24-4-2-3-12(24)14(18)26;/h7-8,10-12H,2-6H2,1H3,(H2,18,26)(H,19,20)(H,21,27)(H,22,29);1H2/t10?,11-,12?;/m0./s1. The second-order valence-electron chi connectivity index (χ2n) is 7.09. The number of carbonyl (C=O) groups is 5. The maximum Gasteiger partial charge on any atom is 0.324 e. The fourth-order valence-corrected chi connectivity index (χ4v) is 3.50. The van der Waals surface area contributed by atoms with Gasteiger partial charge in [0.15, 0.2) is 0 Å². The van der Waals surface area contributed by atoms with E-state index in [2.05, 4.69) is 20.6 Å². The lowest BCUT2D eigenvalue weighted by atomic mass is 10.1. The molecule has 7 N–H and O–H groups in total. The van der Waals surface area contributed by atoms with Crippen LogP contribution in [0, 0.1) is 0 Å². The van der Waals surface area contributed by atoms with Crippen molar-refractivity contribution in [2.45, 2.75) is 43.8 Å². The molecule has 2 aliphatic rings. The van der Waals surface area contributed by atoms with Gasteiger partial charge in [-0.25, -0.2) is 9.78 Å². The van der Waals surface area contributed by atoms with E-state index >= 15 is 0 Å². The number of aromatic amines is 1. The lowest BCUT2D eigenvalue weighted by Crippen LogP contribution is -2.61. The number of urea groups is 1. The topological polar surface area (TPSA) is 202 Å². The summed E-state index contributed by atoms with van der Waals surface area (Å²) in [5, 5.41) is 5.03. The Bertz CT molecular complexity index is 809. The highest BCUT2D eigenvalue weighted by Gasteiger charge is 2.39. The van der Waals surface area contributed by atoms with Gasteiger partial charge in [0, 0.05) is 31.9 Å². The highest BCUT2D eigenvalue weighted by atomic mass is 16.2. The van der Waals surface area contributed by atoms with Gasteiger partial charge >= 0.3 is 6.03 Å². The molecule has 0 spiro atoms. The van der Waals surface area contributed by atoms with Crippen LogP contribution in [0.2, 0.25) is 0 Å². The number of nitrogens with zero attached hydrogens (tertiary/aromatic N) is 3. The molecule has 3 rings (SSSR count). The molecule has 164 valence electrons. The molecule has 1 aromatic rings. The lowest BCUT2D eigenvalue weighted by molar-refractivity contribution is -0.141. The van der Waals surface area contributed by atoms with E-state index in [0.717, 1.165) is 4.90 Å². The Morgan fingerprint density at radius 1 is 1.37 bits per heavy atom. The van der Waals surface area contributed by atoms with Gasteiger partial charge in [-0.3, -0.25) is 24.1 Å². The van der Waals surface area contributed by atoms with Crippen LogP contribution < -0.4 is 16.4 Å². The Morgan fingerprint density at radius 2 is 2.10 bits per heavy atom. The van der Waals surface area contributed by atoms with Crippen molar-refractivity contribution >= 4 is 29.7 Å². The fraction of sp³-hybridized carbons (Fsp3) is 0.529. The van der Waals surface area contributed by atoms with E-state index in [1.807, 2.05) is 0 Å². The predicted octanol–water partition coefficient (Wildman–Crippen LogP) is -2.97. The number of imide groups is 1. The van der Waals surface area contributed by atoms with Crippen molar-refractivity contribution < 1.29 is 29.4 Å². The smallest absolute Gasteiger partial charge is 0.324 e. The molecule has 2 unspecified atom stereocenters. The number of nitrogens with two attached hydrogens (primary N) is 1. The van der Waals surface area contributed by atoms with Crippen LogP contribution in [0.1, 0.15) is 25.0 Å². The van der Waals surface area contributed by atoms with Crippen LogP contribution in [0.3, 0.4) is 0 Å². The minimum Gasteiger partial charge on any atom is -0.412 e. The van der Waals surface area contributed by atoms with Crippen LogP contribution in [0.25, 0.3) is 0 Å². The molecule has 3 atom stereocenters. The van der Waals surface area contributed by atoms with E-state index < -0.39 is 47.8 Å². The molecule has 1 aromatic heterocycles. The molecule has 2 saturated heterocycles. The summed E-state index contributed by atoms with van der Waals surface area (Å²) in [7, 11) is 1.31. The monoisotopic (exact) mass is 423 g/mol. The lowest BCUT2D eigenvalue weighted by Gasteiger charge is -2.31. The normalized spacial score (nSPS) is 22.2. The number of amides is 6. The van der Waals surface area contributed by atoms with Gasteiger partial charge in [0.25, 0.3) is 0 Å². The van der Waals surface area contributed by atoms with Crippen LogP contribution in [-0.2, 0) is 25.6 Å². The third kappa shape index (κ3) is 4.74. The van der Waals surface area contributed by atoms with Gasteiger partial charge in [-0.05, 0) is 12.8 Å². The largest absolute Gasteiger partial charge is 0.412 e. The van der Waals surface area contributed by atoms with Gasteiger partial charge in [-0.1, -0.05) is 0 Å². The molecule has 0 aromatic carbocycles. The molecular formula is C17H25N7O6. The molecule has 13 heteroatoms. The summed E-state index contributed by atoms with van der Waals surface area (Å²) in [4.78, 5) is 70.1. The second-order valence-corrected chi connectivity index (χ2v) is 7.09. The number of hydrogen-bond donors (Lipinski definition) is 4. The van der Waals surface area contributed by atoms with Gasteiger partial charge in [0.05, 0.1) is 12.7 Å². The molecule has 6 amide bonds. The van der Waals surface area contributed by atoms with Crippen molar-refractivity contribution in [1.82, 2.24) is 30.4 Å². The number of hydrogen-bond acceptors (Lipinski definition) is 6. The van der Waals surface area contributed by atoms with Gasteiger partial charge in [-0.2, -0.15) is 0 Å². The Labute approximate surface area is 171 Å². The summed E-state index contributed by atoms with van der Waals surface area (Å²) in [6, 6.07) is -3.53. The maximum absolute atomic E-state index is 13.1. The van der Waals surface area contributed by atoms with Crippen molar-refractivity contribution in [2.75, 3.05) is 13.6 Å². The third-order valence-corrected chi connectivity index (χ3v) is 5.13. The van der Waals surface area contributed by atoms with Crippen molar-refractivity contribution in [3.63, 3.8) is 0 Å². The average molecular weight is 423 g/mol. The van der Waals surface area contributed by atoms with Crippen LogP contribution in [0.5, 0.6) is 0 Å². The zero-order valence-electron chi connectivity index (χ0n) is 16.4. The quantitative estimate of drug-likeness (QED) is 0.376. The molecule has 2 aliphatic heterocycles. The summed E-state index contributed by atoms with van der Waals surface area (Å²) < 4.78 is 0. The predicted molar refractivity (Wildman–Crippen MR) is 101 cm³/mol. The zero-order chi connectivity index (χ0) is 21.1. The van der Waals surface area contributed by atoms with Crippen LogP contribution in [-0.4, -0.2) is 86.6 Å². The van der Waals surface area contributed by atoms with E-state index in [1.165, 1.54) is 24.5 Å². The second kappa shape index (κ2) is 9.35. The molecule has 0 aliphatic carbocycles. The number of imidazole rings is 1. The third-order valence-electron chi connectivity index (χ3n) is 5.13. The number of likely N-dealkylation sites (tertiary alicyclic amines) is 1. The first-order chi connectivity index (χ1) is 13.8. The molecule has 0 saturated carbocycles. The van der Waals surface area contributed by atoms with E-state index in [4.69, 9.17) is 5.73 Å². The number of nitrogens with one attached hydrogen (secondary N) is 3. The van der Waals surface area contributed by atoms with E-state index in [1.54, 1.807) is 0 Å². The first-order valence-corrected chi connectivity index (χ1v) is 9.22. The average Bonchev–Trinajstić information content (AvgIpc) is 3.36. The van der Waals surface area contributed by atoms with Crippen LogP contribution >= 0.6 is 0 Å². The fourth-order valence-electron chi connectivity index (χ4n) is 3.50. The molecule has 3 heterocycles. The van der Waals surface area contributed by atoms with E-state index in [0.29, 0.717) is 25.1 Å². The molecule has 2 fully saturated rings. The van der Waals surface area contributed by atoms with Crippen molar-refractivity contribution in [3.05, 3.63) is 18.2 Å². The number of carbonyl (C=O) groups excluding carboxylic acids is 5. The first-order valence-electron chi connectivity index (χ1n) is 9.22. The molecular weight excluding hydrogens is 398 g/mol. The van der Waals surface area contributed by atoms with Gasteiger partial charge in [0.2, 0.25) is 23.6 Å². The number of primary amides is 1. The number of rotatable bonds is 6. The van der Waals surface area contributed by atoms with E-state index in [9.17, 15) is 24.0 Å². The van der Waals surface area contributed by atoms with Crippen LogP contribution in [0.15, 0.2) is 12.5 Å². The van der Waals surface area contributed by atoms with Gasteiger partial charge < -0.3 is 31.7 Å². The first kappa shape index (κ1) is 22.8.